The summed E-state index contributed by atoms with van der Waals surface area (Å²) < 4.78 is 39.4. The molecule has 0 radical (unpaired) electrons. The summed E-state index contributed by atoms with van der Waals surface area (Å²) in [5, 5.41) is 0.0591. The highest BCUT2D eigenvalue weighted by Crippen LogP contribution is 2.27. The Morgan fingerprint density at radius 3 is 2.32 bits per heavy atom. The lowest BCUT2D eigenvalue weighted by Gasteiger charge is -2.10. The lowest BCUT2D eigenvalue weighted by molar-refractivity contribution is 0.600. The Labute approximate surface area is 120 Å². The maximum Gasteiger partial charge on any atom is 0.263 e. The Balaban J connectivity index is 2.41. The van der Waals surface area contributed by atoms with Crippen molar-refractivity contribution in [2.75, 3.05) is 4.72 Å². The smallest absolute Gasteiger partial charge is 0.263 e. The van der Waals surface area contributed by atoms with Gasteiger partial charge in [-0.2, -0.15) is 0 Å². The third-order valence-electron chi connectivity index (χ3n) is 2.30. The Morgan fingerprint density at radius 1 is 1.00 bits per heavy atom. The van der Waals surface area contributed by atoms with Crippen molar-refractivity contribution in [3.8, 4) is 0 Å². The molecule has 0 aromatic heterocycles. The zero-order valence-corrected chi connectivity index (χ0v) is 11.7. The molecule has 0 spiro atoms. The summed E-state index contributed by atoms with van der Waals surface area (Å²) in [6.07, 6.45) is 0. The van der Waals surface area contributed by atoms with Gasteiger partial charge >= 0.3 is 0 Å². The van der Waals surface area contributed by atoms with Crippen LogP contribution in [0.25, 0.3) is 0 Å². The quantitative estimate of drug-likeness (QED) is 0.931. The SMILES string of the molecule is O=S(=O)(Nc1ccccc1Cl)c1ccc(F)cc1Cl. The minimum absolute atomic E-state index is 0.195. The highest BCUT2D eigenvalue weighted by molar-refractivity contribution is 7.92. The number of nitrogens with one attached hydrogen (secondary N) is 1. The molecule has 0 unspecified atom stereocenters. The van der Waals surface area contributed by atoms with Crippen LogP contribution in [0.5, 0.6) is 0 Å². The van der Waals surface area contributed by atoms with E-state index in [-0.39, 0.29) is 20.6 Å². The van der Waals surface area contributed by atoms with E-state index in [1.165, 1.54) is 6.07 Å². The summed E-state index contributed by atoms with van der Waals surface area (Å²) in [5.74, 6) is -0.610. The van der Waals surface area contributed by atoms with Gasteiger partial charge in [0, 0.05) is 0 Å². The van der Waals surface area contributed by atoms with Gasteiger partial charge in [0.15, 0.2) is 0 Å². The van der Waals surface area contributed by atoms with Crippen LogP contribution in [-0.2, 0) is 10.0 Å². The van der Waals surface area contributed by atoms with Crippen LogP contribution in [0.15, 0.2) is 47.4 Å². The number of halogens is 3. The number of anilines is 1. The molecule has 0 saturated heterocycles. The first-order chi connectivity index (χ1) is 8.90. The minimum Gasteiger partial charge on any atom is -0.278 e. The predicted octanol–water partition coefficient (Wildman–Crippen LogP) is 3.93. The molecule has 0 atom stereocenters. The molecule has 2 aromatic carbocycles. The second-order valence-electron chi connectivity index (χ2n) is 3.66. The summed E-state index contributed by atoms with van der Waals surface area (Å²) in [6, 6.07) is 9.41. The van der Waals surface area contributed by atoms with Crippen LogP contribution in [0, 0.1) is 5.82 Å². The normalized spacial score (nSPS) is 11.3. The van der Waals surface area contributed by atoms with Crippen LogP contribution in [0.4, 0.5) is 10.1 Å². The molecule has 100 valence electrons. The number of rotatable bonds is 3. The summed E-state index contributed by atoms with van der Waals surface area (Å²) >= 11 is 11.6. The van der Waals surface area contributed by atoms with Gasteiger partial charge in [0.1, 0.15) is 10.7 Å². The predicted molar refractivity (Wildman–Crippen MR) is 73.7 cm³/mol. The van der Waals surface area contributed by atoms with Gasteiger partial charge in [0.2, 0.25) is 0 Å². The minimum atomic E-state index is -3.92. The molecular weight excluding hydrogens is 312 g/mol. The monoisotopic (exact) mass is 319 g/mol. The van der Waals surface area contributed by atoms with Gasteiger partial charge in [-0.1, -0.05) is 35.3 Å². The van der Waals surface area contributed by atoms with E-state index < -0.39 is 15.8 Å². The van der Waals surface area contributed by atoms with Gasteiger partial charge in [-0.15, -0.1) is 0 Å². The zero-order chi connectivity index (χ0) is 14.0. The van der Waals surface area contributed by atoms with Crippen molar-refractivity contribution in [3.63, 3.8) is 0 Å². The fourth-order valence-corrected chi connectivity index (χ4v) is 3.29. The van der Waals surface area contributed by atoms with Crippen LogP contribution in [0.2, 0.25) is 10.0 Å². The molecule has 0 amide bonds. The van der Waals surface area contributed by atoms with E-state index in [4.69, 9.17) is 23.2 Å². The van der Waals surface area contributed by atoms with Crippen LogP contribution >= 0.6 is 23.2 Å². The van der Waals surface area contributed by atoms with Crippen molar-refractivity contribution in [2.24, 2.45) is 0 Å². The molecule has 2 aromatic rings. The summed E-state index contributed by atoms with van der Waals surface area (Å²) in [7, 11) is -3.92. The van der Waals surface area contributed by atoms with Crippen LogP contribution < -0.4 is 4.72 Å². The van der Waals surface area contributed by atoms with Gasteiger partial charge in [-0.05, 0) is 30.3 Å². The van der Waals surface area contributed by atoms with Gasteiger partial charge in [-0.3, -0.25) is 4.72 Å². The summed E-state index contributed by atoms with van der Waals surface area (Å²) in [5.41, 5.74) is 0.226. The highest BCUT2D eigenvalue weighted by atomic mass is 35.5. The molecule has 0 heterocycles. The Bertz CT molecular complexity index is 719. The molecule has 0 aliphatic carbocycles. The molecule has 0 saturated carbocycles. The first-order valence-electron chi connectivity index (χ1n) is 5.12. The Kier molecular flexibility index (Phi) is 3.99. The molecule has 0 aliphatic rings. The van der Waals surface area contributed by atoms with Crippen molar-refractivity contribution < 1.29 is 12.8 Å². The number of sulfonamides is 1. The average molecular weight is 320 g/mol. The van der Waals surface area contributed by atoms with Gasteiger partial charge in [0.05, 0.1) is 15.7 Å². The molecule has 19 heavy (non-hydrogen) atoms. The maximum atomic E-state index is 12.9. The number of para-hydroxylation sites is 1. The van der Waals surface area contributed by atoms with Gasteiger partial charge in [-0.25, -0.2) is 12.8 Å². The van der Waals surface area contributed by atoms with E-state index in [1.54, 1.807) is 18.2 Å². The fraction of sp³-hybridized carbons (Fsp3) is 0. The molecular formula is C12H8Cl2FNO2S. The highest BCUT2D eigenvalue weighted by Gasteiger charge is 2.19. The topological polar surface area (TPSA) is 46.2 Å². The summed E-state index contributed by atoms with van der Waals surface area (Å²) in [6.45, 7) is 0. The van der Waals surface area contributed by atoms with E-state index in [1.807, 2.05) is 0 Å². The number of benzene rings is 2. The number of hydrogen-bond donors (Lipinski definition) is 1. The van der Waals surface area contributed by atoms with E-state index in [9.17, 15) is 12.8 Å². The summed E-state index contributed by atoms with van der Waals surface area (Å²) in [4.78, 5) is -0.213. The standard InChI is InChI=1S/C12H8Cl2FNO2S/c13-9-3-1-2-4-11(9)16-19(17,18)12-6-5-8(15)7-10(12)14/h1-7,16H. The maximum absolute atomic E-state index is 12.9. The lowest BCUT2D eigenvalue weighted by atomic mass is 10.3. The average Bonchev–Trinajstić information content (AvgIpc) is 2.31. The van der Waals surface area contributed by atoms with E-state index in [2.05, 4.69) is 4.72 Å². The third kappa shape index (κ3) is 3.18. The molecule has 0 bridgehead atoms. The van der Waals surface area contributed by atoms with Crippen molar-refractivity contribution >= 4 is 38.9 Å². The largest absolute Gasteiger partial charge is 0.278 e. The molecule has 7 heteroatoms. The third-order valence-corrected chi connectivity index (χ3v) is 4.48. The first kappa shape index (κ1) is 14.1. The van der Waals surface area contributed by atoms with Gasteiger partial charge < -0.3 is 0 Å². The molecule has 2 rings (SSSR count). The van der Waals surface area contributed by atoms with Crippen LogP contribution in [0.1, 0.15) is 0 Å². The second kappa shape index (κ2) is 5.36. The molecule has 0 fully saturated rings. The van der Waals surface area contributed by atoms with E-state index in [0.717, 1.165) is 18.2 Å². The van der Waals surface area contributed by atoms with Crippen molar-refractivity contribution in [1.82, 2.24) is 0 Å². The second-order valence-corrected chi connectivity index (χ2v) is 6.13. The molecule has 3 nitrogen and oxygen atoms in total. The van der Waals surface area contributed by atoms with E-state index in [0.29, 0.717) is 0 Å². The first-order valence-corrected chi connectivity index (χ1v) is 7.36. The zero-order valence-electron chi connectivity index (χ0n) is 9.40. The van der Waals surface area contributed by atoms with Crippen LogP contribution in [0.3, 0.4) is 0 Å². The van der Waals surface area contributed by atoms with Crippen molar-refractivity contribution in [3.05, 3.63) is 58.3 Å². The van der Waals surface area contributed by atoms with E-state index >= 15 is 0 Å². The van der Waals surface area contributed by atoms with Crippen LogP contribution in [-0.4, -0.2) is 8.42 Å². The lowest BCUT2D eigenvalue weighted by Crippen LogP contribution is -2.13. The number of hydrogen-bond acceptors (Lipinski definition) is 2. The van der Waals surface area contributed by atoms with Crippen molar-refractivity contribution in [2.45, 2.75) is 4.90 Å². The Morgan fingerprint density at radius 2 is 1.68 bits per heavy atom. The fourth-order valence-electron chi connectivity index (χ4n) is 1.44. The Hall–Kier alpha value is -1.30. The van der Waals surface area contributed by atoms with Crippen molar-refractivity contribution in [1.29, 1.82) is 0 Å². The molecule has 0 aliphatic heterocycles. The van der Waals surface area contributed by atoms with Gasteiger partial charge in [0.25, 0.3) is 10.0 Å². The molecule has 1 N–H and O–H groups in total.